The minimum absolute atomic E-state index is 0.0617. The molecule has 0 aromatic carbocycles. The van der Waals surface area contributed by atoms with E-state index in [0.29, 0.717) is 16.0 Å². The van der Waals surface area contributed by atoms with Crippen molar-refractivity contribution < 1.29 is 5.21 Å². The highest BCUT2D eigenvalue weighted by molar-refractivity contribution is 7.99. The molecule has 94 valence electrons. The normalized spacial score (nSPS) is 11.8. The molecule has 0 fully saturated rings. The van der Waals surface area contributed by atoms with E-state index in [1.54, 1.807) is 6.07 Å². The molecule has 0 aliphatic rings. The quantitative estimate of drug-likeness (QED) is 0.267. The predicted octanol–water partition coefficient (Wildman–Crippen LogP) is 0.159. The van der Waals surface area contributed by atoms with Crippen LogP contribution in [-0.4, -0.2) is 35.8 Å². The van der Waals surface area contributed by atoms with E-state index in [1.807, 2.05) is 18.5 Å². The summed E-state index contributed by atoms with van der Waals surface area (Å²) in [6.07, 6.45) is 1.53. The van der Waals surface area contributed by atoms with Gasteiger partial charge in [-0.1, -0.05) is 5.16 Å². The van der Waals surface area contributed by atoms with Gasteiger partial charge in [0, 0.05) is 13.2 Å². The molecule has 0 saturated heterocycles. The van der Waals surface area contributed by atoms with Gasteiger partial charge in [-0.2, -0.15) is 0 Å². The summed E-state index contributed by atoms with van der Waals surface area (Å²) in [6.45, 7) is 1.85. The third kappa shape index (κ3) is 2.40. The van der Waals surface area contributed by atoms with E-state index in [1.165, 1.54) is 18.0 Å². The Morgan fingerprint density at radius 1 is 1.50 bits per heavy atom. The molecule has 8 nitrogen and oxygen atoms in total. The summed E-state index contributed by atoms with van der Waals surface area (Å²) >= 11 is 1.25. The van der Waals surface area contributed by atoms with Crippen molar-refractivity contribution in [3.63, 3.8) is 0 Å². The van der Waals surface area contributed by atoms with Gasteiger partial charge in [0.1, 0.15) is 11.5 Å². The number of aromatic nitrogens is 5. The second-order valence-electron chi connectivity index (χ2n) is 3.40. The summed E-state index contributed by atoms with van der Waals surface area (Å²) in [6, 6.07) is 1.56. The molecule has 0 bridgehead atoms. The first-order valence-corrected chi connectivity index (χ1v) is 5.78. The summed E-state index contributed by atoms with van der Waals surface area (Å²) < 4.78 is 1.82. The van der Waals surface area contributed by atoms with Gasteiger partial charge in [0.15, 0.2) is 16.1 Å². The van der Waals surface area contributed by atoms with E-state index >= 15 is 0 Å². The molecule has 0 saturated carbocycles. The van der Waals surface area contributed by atoms with E-state index in [4.69, 9.17) is 10.9 Å². The Bertz CT molecular complexity index is 594. The molecule has 9 heteroatoms. The molecule has 3 N–H and O–H groups in total. The molecular weight excluding hydrogens is 254 g/mol. The summed E-state index contributed by atoms with van der Waals surface area (Å²) in [5, 5.41) is 20.5. The molecule has 0 spiro atoms. The molecule has 0 atom stereocenters. The van der Waals surface area contributed by atoms with Gasteiger partial charge in [0.2, 0.25) is 0 Å². The number of aryl methyl sites for hydroxylation is 1. The molecule has 0 aliphatic heterocycles. The number of nitrogens with zero attached hydrogens (tertiary/aromatic N) is 6. The van der Waals surface area contributed by atoms with Gasteiger partial charge in [0.25, 0.3) is 0 Å². The highest BCUT2D eigenvalue weighted by atomic mass is 32.2. The molecule has 2 heterocycles. The first-order valence-electron chi connectivity index (χ1n) is 4.96. The van der Waals surface area contributed by atoms with E-state index in [2.05, 4.69) is 25.3 Å². The Kier molecular flexibility index (Phi) is 3.42. The lowest BCUT2D eigenvalue weighted by molar-refractivity contribution is 0.318. The SMILES string of the molecule is Cc1nnc(Sc2nccc(/C(N)=N/O)n2)n1C. The van der Waals surface area contributed by atoms with Crippen LogP contribution in [0.25, 0.3) is 0 Å². The van der Waals surface area contributed by atoms with Crippen molar-refractivity contribution in [2.75, 3.05) is 0 Å². The minimum Gasteiger partial charge on any atom is -0.409 e. The molecule has 18 heavy (non-hydrogen) atoms. The van der Waals surface area contributed by atoms with Gasteiger partial charge in [-0.15, -0.1) is 10.2 Å². The van der Waals surface area contributed by atoms with Gasteiger partial charge in [-0.05, 0) is 24.8 Å². The zero-order chi connectivity index (χ0) is 13.1. The topological polar surface area (TPSA) is 115 Å². The van der Waals surface area contributed by atoms with Crippen LogP contribution in [0.2, 0.25) is 0 Å². The largest absolute Gasteiger partial charge is 0.409 e. The Hall–Kier alpha value is -2.16. The van der Waals surface area contributed by atoms with Crippen LogP contribution in [0.1, 0.15) is 11.5 Å². The van der Waals surface area contributed by atoms with Crippen LogP contribution in [0.4, 0.5) is 0 Å². The van der Waals surface area contributed by atoms with Crippen molar-refractivity contribution in [1.82, 2.24) is 24.7 Å². The summed E-state index contributed by atoms with van der Waals surface area (Å²) in [5.74, 6) is 0.735. The van der Waals surface area contributed by atoms with Crippen molar-refractivity contribution in [1.29, 1.82) is 0 Å². The molecule has 0 radical (unpaired) electrons. The third-order valence-corrected chi connectivity index (χ3v) is 3.16. The lowest BCUT2D eigenvalue weighted by atomic mass is 10.4. The standard InChI is InChI=1S/C9H11N7OS/c1-5-13-14-9(16(5)2)18-8-11-4-3-6(12-8)7(10)15-17/h3-4,17H,1-2H3,(H2,10,15). The maximum absolute atomic E-state index is 8.59. The van der Waals surface area contributed by atoms with Gasteiger partial charge in [-0.3, -0.25) is 0 Å². The van der Waals surface area contributed by atoms with Crippen molar-refractivity contribution >= 4 is 17.6 Å². The monoisotopic (exact) mass is 265 g/mol. The summed E-state index contributed by atoms with van der Waals surface area (Å²) in [5.41, 5.74) is 5.81. The lowest BCUT2D eigenvalue weighted by Crippen LogP contribution is -2.15. The second-order valence-corrected chi connectivity index (χ2v) is 4.33. The molecular formula is C9H11N7OS. The van der Waals surface area contributed by atoms with Crippen LogP contribution in [0.3, 0.4) is 0 Å². The molecule has 2 aromatic rings. The maximum atomic E-state index is 8.59. The summed E-state index contributed by atoms with van der Waals surface area (Å²) in [4.78, 5) is 8.22. The fraction of sp³-hybridized carbons (Fsp3) is 0.222. The second kappa shape index (κ2) is 5.00. The van der Waals surface area contributed by atoms with Crippen LogP contribution >= 0.6 is 11.8 Å². The zero-order valence-electron chi connectivity index (χ0n) is 9.77. The van der Waals surface area contributed by atoms with Gasteiger partial charge < -0.3 is 15.5 Å². The Balaban J connectivity index is 2.27. The number of amidine groups is 1. The lowest BCUT2D eigenvalue weighted by Gasteiger charge is -2.02. The number of hydrogen-bond donors (Lipinski definition) is 2. The first kappa shape index (κ1) is 12.3. The van der Waals surface area contributed by atoms with Crippen LogP contribution in [-0.2, 0) is 7.05 Å². The van der Waals surface area contributed by atoms with Crippen molar-refractivity contribution in [3.8, 4) is 0 Å². The molecule has 0 aliphatic carbocycles. The number of hydrogen-bond acceptors (Lipinski definition) is 7. The van der Waals surface area contributed by atoms with Crippen molar-refractivity contribution in [2.24, 2.45) is 17.9 Å². The fourth-order valence-electron chi connectivity index (χ4n) is 1.14. The smallest absolute Gasteiger partial charge is 0.198 e. The van der Waals surface area contributed by atoms with Crippen molar-refractivity contribution in [2.45, 2.75) is 17.2 Å². The summed E-state index contributed by atoms with van der Waals surface area (Å²) in [7, 11) is 1.85. The number of oxime groups is 1. The average Bonchev–Trinajstić information content (AvgIpc) is 2.70. The van der Waals surface area contributed by atoms with Crippen LogP contribution in [0.15, 0.2) is 27.7 Å². The van der Waals surface area contributed by atoms with E-state index in [0.717, 1.165) is 5.82 Å². The Morgan fingerprint density at radius 2 is 2.28 bits per heavy atom. The fourth-order valence-corrected chi connectivity index (χ4v) is 1.91. The predicted molar refractivity (Wildman–Crippen MR) is 64.4 cm³/mol. The average molecular weight is 265 g/mol. The number of rotatable bonds is 3. The Morgan fingerprint density at radius 3 is 2.89 bits per heavy atom. The minimum atomic E-state index is -0.0617. The third-order valence-electron chi connectivity index (χ3n) is 2.24. The van der Waals surface area contributed by atoms with Gasteiger partial charge >= 0.3 is 0 Å². The first-order chi connectivity index (χ1) is 8.61. The molecule has 2 rings (SSSR count). The highest BCUT2D eigenvalue weighted by Crippen LogP contribution is 2.22. The highest BCUT2D eigenvalue weighted by Gasteiger charge is 2.10. The molecule has 0 unspecified atom stereocenters. The number of nitrogens with two attached hydrogens (primary N) is 1. The van der Waals surface area contributed by atoms with Crippen molar-refractivity contribution in [3.05, 3.63) is 23.8 Å². The maximum Gasteiger partial charge on any atom is 0.198 e. The molecule has 2 aromatic heterocycles. The van der Waals surface area contributed by atoms with Gasteiger partial charge in [-0.25, -0.2) is 9.97 Å². The van der Waals surface area contributed by atoms with E-state index < -0.39 is 0 Å². The zero-order valence-corrected chi connectivity index (χ0v) is 10.6. The van der Waals surface area contributed by atoms with E-state index in [-0.39, 0.29) is 5.84 Å². The molecule has 0 amide bonds. The van der Waals surface area contributed by atoms with Gasteiger partial charge in [0.05, 0.1) is 0 Å². The Labute approximate surface area is 107 Å². The van der Waals surface area contributed by atoms with Crippen LogP contribution in [0, 0.1) is 6.92 Å². The van der Waals surface area contributed by atoms with Crippen LogP contribution < -0.4 is 5.73 Å². The van der Waals surface area contributed by atoms with E-state index in [9.17, 15) is 0 Å². The van der Waals surface area contributed by atoms with Crippen LogP contribution in [0.5, 0.6) is 0 Å².